The SMILES string of the molecule is CC1(CNC(=O)[C@]23CNC[C@H]2CCOC3)CCC1. The van der Waals surface area contributed by atoms with E-state index in [-0.39, 0.29) is 11.3 Å². The maximum absolute atomic E-state index is 12.6. The molecular formula is C14H24N2O2. The van der Waals surface area contributed by atoms with Crippen LogP contribution in [0.2, 0.25) is 0 Å². The number of fused-ring (bicyclic) bond motifs is 1. The maximum atomic E-state index is 12.6. The first-order valence-corrected chi connectivity index (χ1v) is 7.22. The molecule has 0 unspecified atom stereocenters. The molecule has 1 amide bonds. The number of carbonyl (C=O) groups is 1. The van der Waals surface area contributed by atoms with Gasteiger partial charge in [0.1, 0.15) is 0 Å². The fourth-order valence-corrected chi connectivity index (χ4v) is 3.59. The predicted octanol–water partition coefficient (Wildman–Crippen LogP) is 0.919. The molecule has 0 bridgehead atoms. The van der Waals surface area contributed by atoms with Gasteiger partial charge in [0.25, 0.3) is 0 Å². The van der Waals surface area contributed by atoms with Gasteiger partial charge in [0.05, 0.1) is 12.0 Å². The number of amides is 1. The molecule has 0 aromatic heterocycles. The van der Waals surface area contributed by atoms with Crippen molar-refractivity contribution in [2.75, 3.05) is 32.8 Å². The van der Waals surface area contributed by atoms with Crippen molar-refractivity contribution < 1.29 is 9.53 Å². The molecule has 1 aliphatic carbocycles. The summed E-state index contributed by atoms with van der Waals surface area (Å²) in [5, 5.41) is 6.57. The van der Waals surface area contributed by atoms with Crippen LogP contribution in [-0.4, -0.2) is 38.8 Å². The molecule has 0 aromatic rings. The highest BCUT2D eigenvalue weighted by Crippen LogP contribution is 2.41. The topological polar surface area (TPSA) is 50.4 Å². The van der Waals surface area contributed by atoms with Crippen molar-refractivity contribution in [2.45, 2.75) is 32.6 Å². The summed E-state index contributed by atoms with van der Waals surface area (Å²) >= 11 is 0. The molecule has 3 rings (SSSR count). The van der Waals surface area contributed by atoms with E-state index in [1.54, 1.807) is 0 Å². The molecule has 1 saturated carbocycles. The van der Waals surface area contributed by atoms with E-state index >= 15 is 0 Å². The predicted molar refractivity (Wildman–Crippen MR) is 69.2 cm³/mol. The summed E-state index contributed by atoms with van der Waals surface area (Å²) in [6, 6.07) is 0. The molecular weight excluding hydrogens is 228 g/mol. The zero-order chi connectivity index (χ0) is 12.6. The van der Waals surface area contributed by atoms with E-state index in [1.807, 2.05) is 0 Å². The molecule has 4 heteroatoms. The summed E-state index contributed by atoms with van der Waals surface area (Å²) in [5.74, 6) is 0.672. The first-order valence-electron chi connectivity index (χ1n) is 7.22. The summed E-state index contributed by atoms with van der Waals surface area (Å²) in [5.41, 5.74) is 0.0573. The Labute approximate surface area is 109 Å². The normalized spacial score (nSPS) is 37.7. The van der Waals surface area contributed by atoms with E-state index in [2.05, 4.69) is 17.6 Å². The summed E-state index contributed by atoms with van der Waals surface area (Å²) in [6.45, 7) is 6.25. The molecule has 2 heterocycles. The lowest BCUT2D eigenvalue weighted by molar-refractivity contribution is -0.142. The van der Waals surface area contributed by atoms with Crippen LogP contribution in [0.15, 0.2) is 0 Å². The Balaban J connectivity index is 1.63. The van der Waals surface area contributed by atoms with Crippen LogP contribution in [0.25, 0.3) is 0 Å². The molecule has 4 nitrogen and oxygen atoms in total. The van der Waals surface area contributed by atoms with Gasteiger partial charge in [0.15, 0.2) is 0 Å². The minimum atomic E-state index is -0.293. The van der Waals surface area contributed by atoms with Crippen molar-refractivity contribution in [3.05, 3.63) is 0 Å². The zero-order valence-electron chi connectivity index (χ0n) is 11.3. The first kappa shape index (κ1) is 12.4. The molecule has 2 aliphatic heterocycles. The highest BCUT2D eigenvalue weighted by Gasteiger charge is 2.51. The quantitative estimate of drug-likeness (QED) is 0.785. The summed E-state index contributed by atoms with van der Waals surface area (Å²) in [6.07, 6.45) is 4.82. The number of hydrogen-bond acceptors (Lipinski definition) is 3. The van der Waals surface area contributed by atoms with Crippen molar-refractivity contribution in [1.82, 2.24) is 10.6 Å². The smallest absolute Gasteiger partial charge is 0.230 e. The van der Waals surface area contributed by atoms with Gasteiger partial charge in [-0.15, -0.1) is 0 Å². The van der Waals surface area contributed by atoms with Crippen molar-refractivity contribution in [1.29, 1.82) is 0 Å². The number of nitrogens with one attached hydrogen (secondary N) is 2. The van der Waals surface area contributed by atoms with Gasteiger partial charge in [-0.2, -0.15) is 0 Å². The van der Waals surface area contributed by atoms with Crippen LogP contribution < -0.4 is 10.6 Å². The summed E-state index contributed by atoms with van der Waals surface area (Å²) in [7, 11) is 0. The fraction of sp³-hybridized carbons (Fsp3) is 0.929. The van der Waals surface area contributed by atoms with E-state index in [1.165, 1.54) is 19.3 Å². The van der Waals surface area contributed by atoms with Gasteiger partial charge in [-0.3, -0.25) is 4.79 Å². The van der Waals surface area contributed by atoms with Gasteiger partial charge in [0.2, 0.25) is 5.91 Å². The van der Waals surface area contributed by atoms with E-state index in [0.29, 0.717) is 17.9 Å². The largest absolute Gasteiger partial charge is 0.380 e. The third-order valence-corrected chi connectivity index (χ3v) is 5.27. The van der Waals surface area contributed by atoms with Crippen LogP contribution in [0.4, 0.5) is 0 Å². The van der Waals surface area contributed by atoms with Gasteiger partial charge in [0, 0.05) is 19.7 Å². The van der Waals surface area contributed by atoms with Gasteiger partial charge in [-0.25, -0.2) is 0 Å². The van der Waals surface area contributed by atoms with Crippen LogP contribution >= 0.6 is 0 Å². The third kappa shape index (κ3) is 1.95. The van der Waals surface area contributed by atoms with E-state index in [0.717, 1.165) is 32.7 Å². The molecule has 102 valence electrons. The van der Waals surface area contributed by atoms with Crippen LogP contribution in [0.3, 0.4) is 0 Å². The molecule has 2 N–H and O–H groups in total. The lowest BCUT2D eigenvalue weighted by Gasteiger charge is -2.41. The van der Waals surface area contributed by atoms with Crippen molar-refractivity contribution in [3.63, 3.8) is 0 Å². The second-order valence-corrected chi connectivity index (χ2v) is 6.67. The molecule has 18 heavy (non-hydrogen) atoms. The zero-order valence-corrected chi connectivity index (χ0v) is 11.3. The van der Waals surface area contributed by atoms with Gasteiger partial charge >= 0.3 is 0 Å². The Morgan fingerprint density at radius 2 is 2.33 bits per heavy atom. The molecule has 3 fully saturated rings. The average molecular weight is 252 g/mol. The Hall–Kier alpha value is -0.610. The van der Waals surface area contributed by atoms with Gasteiger partial charge < -0.3 is 15.4 Å². The van der Waals surface area contributed by atoms with E-state index in [4.69, 9.17) is 4.74 Å². The Bertz CT molecular complexity index is 341. The van der Waals surface area contributed by atoms with Crippen molar-refractivity contribution in [2.24, 2.45) is 16.7 Å². The molecule has 0 radical (unpaired) electrons. The molecule has 3 aliphatic rings. The Morgan fingerprint density at radius 1 is 1.50 bits per heavy atom. The Kier molecular flexibility index (Phi) is 3.10. The van der Waals surface area contributed by atoms with Crippen LogP contribution in [0, 0.1) is 16.7 Å². The van der Waals surface area contributed by atoms with E-state index < -0.39 is 0 Å². The number of carbonyl (C=O) groups excluding carboxylic acids is 1. The van der Waals surface area contributed by atoms with Crippen LogP contribution in [0.1, 0.15) is 32.6 Å². The number of ether oxygens (including phenoxy) is 1. The maximum Gasteiger partial charge on any atom is 0.230 e. The van der Waals surface area contributed by atoms with Crippen molar-refractivity contribution >= 4 is 5.91 Å². The number of rotatable bonds is 3. The second kappa shape index (κ2) is 4.49. The molecule has 0 aromatic carbocycles. The third-order valence-electron chi connectivity index (χ3n) is 5.27. The van der Waals surface area contributed by atoms with Gasteiger partial charge in [-0.05, 0) is 37.1 Å². The summed E-state index contributed by atoms with van der Waals surface area (Å²) < 4.78 is 5.58. The second-order valence-electron chi connectivity index (χ2n) is 6.67. The van der Waals surface area contributed by atoms with Crippen LogP contribution in [-0.2, 0) is 9.53 Å². The minimum absolute atomic E-state index is 0.213. The molecule has 0 spiro atoms. The average Bonchev–Trinajstić information content (AvgIpc) is 2.78. The lowest BCUT2D eigenvalue weighted by atomic mass is 9.70. The monoisotopic (exact) mass is 252 g/mol. The molecule has 2 saturated heterocycles. The lowest BCUT2D eigenvalue weighted by Crippen LogP contribution is -2.54. The summed E-state index contributed by atoms with van der Waals surface area (Å²) in [4.78, 5) is 12.6. The highest BCUT2D eigenvalue weighted by molar-refractivity contribution is 5.84. The fourth-order valence-electron chi connectivity index (χ4n) is 3.59. The number of hydrogen-bond donors (Lipinski definition) is 2. The minimum Gasteiger partial charge on any atom is -0.380 e. The standard InChI is InChI=1S/C14H24N2O2/c1-13(4-2-5-13)8-16-12(17)14-9-15-7-11(14)3-6-18-10-14/h11,15H,2-10H2,1H3,(H,16,17)/t11-,14+/m1/s1. The first-order chi connectivity index (χ1) is 8.65. The van der Waals surface area contributed by atoms with Crippen molar-refractivity contribution in [3.8, 4) is 0 Å². The van der Waals surface area contributed by atoms with Gasteiger partial charge in [-0.1, -0.05) is 13.3 Å². The van der Waals surface area contributed by atoms with Crippen LogP contribution in [0.5, 0.6) is 0 Å². The highest BCUT2D eigenvalue weighted by atomic mass is 16.5. The molecule has 2 atom stereocenters. The Morgan fingerprint density at radius 3 is 3.06 bits per heavy atom. The van der Waals surface area contributed by atoms with E-state index in [9.17, 15) is 4.79 Å².